The predicted octanol–water partition coefficient (Wildman–Crippen LogP) is 5.21. The quantitative estimate of drug-likeness (QED) is 0.491. The Hall–Kier alpha value is -3.18. The highest BCUT2D eigenvalue weighted by Gasteiger charge is 2.35. The van der Waals surface area contributed by atoms with E-state index in [-0.39, 0.29) is 35.1 Å². The number of halogens is 3. The lowest BCUT2D eigenvalue weighted by Gasteiger charge is -2.20. The van der Waals surface area contributed by atoms with Crippen molar-refractivity contribution in [2.24, 2.45) is 0 Å². The lowest BCUT2D eigenvalue weighted by molar-refractivity contribution is -0.137. The van der Waals surface area contributed by atoms with Crippen LogP contribution in [0.1, 0.15) is 43.2 Å². The fraction of sp³-hybridized carbons (Fsp3) is 0.360. The Morgan fingerprint density at radius 2 is 1.83 bits per heavy atom. The molecule has 0 radical (unpaired) electrons. The van der Waals surface area contributed by atoms with Gasteiger partial charge in [-0.2, -0.15) is 26.6 Å². The molecule has 0 saturated heterocycles. The minimum atomic E-state index is -4.68. The summed E-state index contributed by atoms with van der Waals surface area (Å²) >= 11 is 0. The monoisotopic (exact) mass is 521 g/mol. The number of anilines is 1. The normalized spacial score (nSPS) is 17.9. The number of hydrogen-bond acceptors (Lipinski definition) is 6. The van der Waals surface area contributed by atoms with Crippen LogP contribution in [-0.2, 0) is 22.6 Å². The van der Waals surface area contributed by atoms with E-state index in [1.54, 1.807) is 30.3 Å². The summed E-state index contributed by atoms with van der Waals surface area (Å²) in [6, 6.07) is 12.8. The van der Waals surface area contributed by atoms with Crippen LogP contribution >= 0.6 is 0 Å². The van der Waals surface area contributed by atoms with Crippen molar-refractivity contribution in [3.63, 3.8) is 0 Å². The van der Waals surface area contributed by atoms with Gasteiger partial charge in [0, 0.05) is 18.2 Å². The molecule has 1 unspecified atom stereocenters. The largest absolute Gasteiger partial charge is 0.474 e. The summed E-state index contributed by atoms with van der Waals surface area (Å²) in [6.07, 6.45) is -1.40. The van der Waals surface area contributed by atoms with Crippen LogP contribution in [0.15, 0.2) is 59.6 Å². The maximum atomic E-state index is 13.9. The van der Waals surface area contributed by atoms with Crippen LogP contribution < -0.4 is 9.46 Å². The molecule has 4 rings (SSSR count). The number of rotatable bonds is 3. The van der Waals surface area contributed by atoms with E-state index in [9.17, 15) is 26.7 Å². The number of pyridine rings is 2. The summed E-state index contributed by atoms with van der Waals surface area (Å²) < 4.78 is 75.9. The molecule has 36 heavy (non-hydrogen) atoms. The molecule has 0 saturated carbocycles. The van der Waals surface area contributed by atoms with Gasteiger partial charge in [0.05, 0.1) is 11.3 Å². The zero-order valence-corrected chi connectivity index (χ0v) is 20.1. The van der Waals surface area contributed by atoms with Crippen molar-refractivity contribution in [3.8, 4) is 17.1 Å². The molecule has 2 N–H and O–H groups in total. The average Bonchev–Trinajstić information content (AvgIpc) is 2.84. The molecule has 1 aromatic carbocycles. The molecular formula is C25H26F3N3O4S. The van der Waals surface area contributed by atoms with E-state index in [0.29, 0.717) is 49.7 Å². The second-order valence-corrected chi connectivity index (χ2v) is 10.1. The number of alkyl halides is 3. The lowest BCUT2D eigenvalue weighted by atomic mass is 9.95. The predicted molar refractivity (Wildman–Crippen MR) is 128 cm³/mol. The Balaban J connectivity index is 1.82. The molecule has 7 nitrogen and oxygen atoms in total. The van der Waals surface area contributed by atoms with Crippen molar-refractivity contribution in [1.29, 1.82) is 0 Å². The molecule has 1 aliphatic rings. The molecule has 3 aromatic rings. The highest BCUT2D eigenvalue weighted by Crippen LogP contribution is 2.38. The summed E-state index contributed by atoms with van der Waals surface area (Å²) in [6.45, 7) is -0.00865. The summed E-state index contributed by atoms with van der Waals surface area (Å²) in [4.78, 5) is 8.20. The number of fused-ring (bicyclic) bond motifs is 6. The number of aliphatic hydroxyl groups excluding tert-OH is 1. The molecule has 0 aliphatic carbocycles. The Kier molecular flexibility index (Phi) is 7.79. The highest BCUT2D eigenvalue weighted by atomic mass is 32.2. The van der Waals surface area contributed by atoms with Gasteiger partial charge < -0.3 is 9.84 Å². The molecular weight excluding hydrogens is 495 g/mol. The second kappa shape index (κ2) is 10.8. The standard InChI is InChI=1S/C25H26F3N3O4S/c26-25(27,28)20-14-15-21-29-24(20)19-11-4-2-8-17(19)7-1-3-9-18(10-6-16-32)35-22-12-5-13-23(30-22)36(33,34)31-21/h2,4-5,8,11-15,18,32H,1,3,6-7,9-10,16H2,(H,29,31). The molecule has 4 bridgehead atoms. The van der Waals surface area contributed by atoms with Gasteiger partial charge in [-0.15, -0.1) is 0 Å². The van der Waals surface area contributed by atoms with Gasteiger partial charge in [-0.1, -0.05) is 30.3 Å². The number of aliphatic hydroxyl groups is 1. The topological polar surface area (TPSA) is 101 Å². The number of nitrogens with zero attached hydrogens (tertiary/aromatic N) is 2. The van der Waals surface area contributed by atoms with Crippen LogP contribution in [0.5, 0.6) is 5.88 Å². The Labute approximate surface area is 207 Å². The summed E-state index contributed by atoms with van der Waals surface area (Å²) in [5.74, 6) is -0.145. The van der Waals surface area contributed by atoms with Crippen LogP contribution in [0, 0.1) is 0 Å². The van der Waals surface area contributed by atoms with Crippen LogP contribution in [0.25, 0.3) is 11.3 Å². The molecule has 11 heteroatoms. The molecule has 2 aromatic heterocycles. The van der Waals surface area contributed by atoms with Crippen LogP contribution in [0.4, 0.5) is 19.0 Å². The number of aromatic nitrogens is 2. The third-order valence-corrected chi connectivity index (χ3v) is 7.14. The zero-order valence-electron chi connectivity index (χ0n) is 19.3. The SMILES string of the molecule is O=S1(=O)Nc2ccc(C(F)(F)F)c(n2)-c2ccccc2CCCCC(CCCO)Oc2cccc1n2. The van der Waals surface area contributed by atoms with Gasteiger partial charge in [0.2, 0.25) is 5.88 Å². The van der Waals surface area contributed by atoms with E-state index in [2.05, 4.69) is 14.7 Å². The van der Waals surface area contributed by atoms with Crippen molar-refractivity contribution in [1.82, 2.24) is 9.97 Å². The maximum absolute atomic E-state index is 13.9. The van der Waals surface area contributed by atoms with Crippen LogP contribution in [0.2, 0.25) is 0 Å². The Bertz CT molecular complexity index is 1320. The molecule has 3 heterocycles. The average molecular weight is 522 g/mol. The van der Waals surface area contributed by atoms with Gasteiger partial charge in [0.1, 0.15) is 11.9 Å². The van der Waals surface area contributed by atoms with E-state index in [0.717, 1.165) is 12.1 Å². The third kappa shape index (κ3) is 6.14. The summed E-state index contributed by atoms with van der Waals surface area (Å²) in [7, 11) is -4.27. The Morgan fingerprint density at radius 1 is 1.03 bits per heavy atom. The number of aryl methyl sites for hydroxylation is 1. The van der Waals surface area contributed by atoms with E-state index < -0.39 is 21.8 Å². The number of nitrogens with one attached hydrogen (secondary N) is 1. The highest BCUT2D eigenvalue weighted by molar-refractivity contribution is 7.92. The molecule has 1 aliphatic heterocycles. The molecule has 0 amide bonds. The van der Waals surface area contributed by atoms with Gasteiger partial charge in [0.25, 0.3) is 10.0 Å². The minimum absolute atomic E-state index is 0.00865. The van der Waals surface area contributed by atoms with Gasteiger partial charge in [-0.05, 0) is 62.3 Å². The van der Waals surface area contributed by atoms with Crippen molar-refractivity contribution in [2.75, 3.05) is 11.3 Å². The van der Waals surface area contributed by atoms with Gasteiger partial charge in [-0.25, -0.2) is 4.98 Å². The van der Waals surface area contributed by atoms with Crippen molar-refractivity contribution in [2.45, 2.75) is 55.8 Å². The number of hydrogen-bond donors (Lipinski definition) is 2. The van der Waals surface area contributed by atoms with Gasteiger partial charge in [-0.3, -0.25) is 4.72 Å². The number of benzene rings is 1. The van der Waals surface area contributed by atoms with Crippen molar-refractivity contribution >= 4 is 15.8 Å². The van der Waals surface area contributed by atoms with Crippen LogP contribution in [-0.4, -0.2) is 36.2 Å². The van der Waals surface area contributed by atoms with Crippen molar-refractivity contribution in [3.05, 3.63) is 65.7 Å². The van der Waals surface area contributed by atoms with Gasteiger partial charge in [0.15, 0.2) is 5.03 Å². The fourth-order valence-corrected chi connectivity index (χ4v) is 5.12. The molecule has 192 valence electrons. The molecule has 0 fully saturated rings. The smallest absolute Gasteiger partial charge is 0.418 e. The fourth-order valence-electron chi connectivity index (χ4n) is 4.16. The zero-order chi connectivity index (χ0) is 25.8. The van der Waals surface area contributed by atoms with Crippen LogP contribution in [0.3, 0.4) is 0 Å². The first-order valence-corrected chi connectivity index (χ1v) is 13.1. The van der Waals surface area contributed by atoms with Gasteiger partial charge >= 0.3 is 6.18 Å². The summed E-state index contributed by atoms with van der Waals surface area (Å²) in [5, 5.41) is 8.90. The van der Waals surface area contributed by atoms with E-state index in [1.807, 2.05) is 0 Å². The van der Waals surface area contributed by atoms with E-state index in [1.165, 1.54) is 12.1 Å². The number of sulfonamides is 1. The maximum Gasteiger partial charge on any atom is 0.418 e. The number of ether oxygens (including phenoxy) is 1. The molecule has 0 spiro atoms. The first-order chi connectivity index (χ1) is 17.2. The first-order valence-electron chi connectivity index (χ1n) is 11.6. The molecule has 1 atom stereocenters. The first kappa shape index (κ1) is 25.9. The van der Waals surface area contributed by atoms with Crippen molar-refractivity contribution < 1.29 is 31.4 Å². The summed E-state index contributed by atoms with van der Waals surface area (Å²) in [5.41, 5.74) is -0.304. The van der Waals surface area contributed by atoms with E-state index in [4.69, 9.17) is 4.74 Å². The van der Waals surface area contributed by atoms with E-state index >= 15 is 0 Å². The lowest BCUT2D eigenvalue weighted by Crippen LogP contribution is -2.20. The second-order valence-electron chi connectivity index (χ2n) is 8.52. The Morgan fingerprint density at radius 3 is 2.61 bits per heavy atom. The minimum Gasteiger partial charge on any atom is -0.474 e. The third-order valence-electron chi connectivity index (χ3n) is 5.88.